The van der Waals surface area contributed by atoms with Crippen molar-refractivity contribution in [2.75, 3.05) is 11.9 Å². The highest BCUT2D eigenvalue weighted by atomic mass is 19.1. The Bertz CT molecular complexity index is 530. The van der Waals surface area contributed by atoms with Crippen LogP contribution >= 0.6 is 0 Å². The van der Waals surface area contributed by atoms with Crippen LogP contribution in [0.5, 0.6) is 0 Å². The van der Waals surface area contributed by atoms with Crippen molar-refractivity contribution in [3.05, 3.63) is 36.3 Å². The molecule has 17 heavy (non-hydrogen) atoms. The fourth-order valence-electron chi connectivity index (χ4n) is 2.24. The van der Waals surface area contributed by atoms with Crippen LogP contribution in [0.4, 0.5) is 10.2 Å². The molecule has 1 N–H and O–H groups in total. The molecule has 0 radical (unpaired) electrons. The average molecular weight is 231 g/mol. The Balaban J connectivity index is 2.07. The van der Waals surface area contributed by atoms with E-state index in [1.165, 1.54) is 12.1 Å². The van der Waals surface area contributed by atoms with Gasteiger partial charge in [-0.1, -0.05) is 12.1 Å². The molecule has 0 saturated heterocycles. The highest BCUT2D eigenvalue weighted by molar-refractivity contribution is 5.75. The largest absolute Gasteiger partial charge is 0.370 e. The van der Waals surface area contributed by atoms with Gasteiger partial charge in [-0.15, -0.1) is 0 Å². The summed E-state index contributed by atoms with van der Waals surface area (Å²) in [5, 5.41) is 7.76. The van der Waals surface area contributed by atoms with Gasteiger partial charge in [-0.25, -0.2) is 9.07 Å². The number of rotatable bonds is 1. The van der Waals surface area contributed by atoms with Crippen molar-refractivity contribution in [1.29, 1.82) is 0 Å². The van der Waals surface area contributed by atoms with Crippen LogP contribution in [0.2, 0.25) is 0 Å². The van der Waals surface area contributed by atoms with E-state index in [2.05, 4.69) is 17.3 Å². The SMILES string of the molecule is CC1CCNc2c(-c3ccc(F)cc3)cnn21. The lowest BCUT2D eigenvalue weighted by atomic mass is 10.1. The van der Waals surface area contributed by atoms with Crippen molar-refractivity contribution in [3.63, 3.8) is 0 Å². The molecule has 0 aliphatic carbocycles. The van der Waals surface area contributed by atoms with Gasteiger partial charge >= 0.3 is 0 Å². The number of aromatic nitrogens is 2. The van der Waals surface area contributed by atoms with Crippen LogP contribution in [0, 0.1) is 5.82 Å². The number of nitrogens with one attached hydrogen (secondary N) is 1. The fraction of sp³-hybridized carbons (Fsp3) is 0.308. The Morgan fingerprint density at radius 3 is 2.88 bits per heavy atom. The van der Waals surface area contributed by atoms with Gasteiger partial charge in [0.05, 0.1) is 12.2 Å². The lowest BCUT2D eigenvalue weighted by molar-refractivity contribution is 0.453. The van der Waals surface area contributed by atoms with Gasteiger partial charge in [-0.2, -0.15) is 5.10 Å². The normalized spacial score (nSPS) is 18.6. The highest BCUT2D eigenvalue weighted by Crippen LogP contribution is 2.33. The van der Waals surface area contributed by atoms with Crippen molar-refractivity contribution in [2.45, 2.75) is 19.4 Å². The summed E-state index contributed by atoms with van der Waals surface area (Å²) in [5.41, 5.74) is 2.03. The molecule has 2 aromatic rings. The van der Waals surface area contributed by atoms with E-state index in [0.717, 1.165) is 29.9 Å². The quantitative estimate of drug-likeness (QED) is 0.817. The van der Waals surface area contributed by atoms with Gasteiger partial charge in [0.15, 0.2) is 0 Å². The molecule has 1 aromatic heterocycles. The minimum atomic E-state index is -0.212. The summed E-state index contributed by atoms with van der Waals surface area (Å²) in [7, 11) is 0. The number of benzene rings is 1. The topological polar surface area (TPSA) is 29.9 Å². The molecular formula is C13H14FN3. The van der Waals surface area contributed by atoms with Gasteiger partial charge in [0.25, 0.3) is 0 Å². The second kappa shape index (κ2) is 3.87. The van der Waals surface area contributed by atoms with Crippen LogP contribution in [0.25, 0.3) is 11.1 Å². The average Bonchev–Trinajstić information content (AvgIpc) is 2.75. The maximum Gasteiger partial charge on any atom is 0.132 e. The molecule has 1 aliphatic heterocycles. The molecule has 2 heterocycles. The number of hydrogen-bond acceptors (Lipinski definition) is 2. The Kier molecular flexibility index (Phi) is 2.35. The van der Waals surface area contributed by atoms with Gasteiger partial charge < -0.3 is 5.32 Å². The van der Waals surface area contributed by atoms with Gasteiger partial charge in [0, 0.05) is 12.1 Å². The molecule has 3 rings (SSSR count). The van der Waals surface area contributed by atoms with Gasteiger partial charge in [-0.05, 0) is 31.0 Å². The van der Waals surface area contributed by atoms with Gasteiger partial charge in [-0.3, -0.25) is 0 Å². The third kappa shape index (κ3) is 1.69. The molecule has 1 atom stereocenters. The second-order valence-electron chi connectivity index (χ2n) is 4.42. The van der Waals surface area contributed by atoms with Crippen molar-refractivity contribution >= 4 is 5.82 Å². The molecule has 1 unspecified atom stereocenters. The Hall–Kier alpha value is -1.84. The van der Waals surface area contributed by atoms with Crippen molar-refractivity contribution in [1.82, 2.24) is 9.78 Å². The lowest BCUT2D eigenvalue weighted by Crippen LogP contribution is -2.21. The molecule has 88 valence electrons. The third-order valence-corrected chi connectivity index (χ3v) is 3.22. The summed E-state index contributed by atoms with van der Waals surface area (Å²) in [6.45, 7) is 3.12. The third-order valence-electron chi connectivity index (χ3n) is 3.22. The summed E-state index contributed by atoms with van der Waals surface area (Å²) in [5.74, 6) is 0.825. The number of hydrogen-bond donors (Lipinski definition) is 1. The number of anilines is 1. The van der Waals surface area contributed by atoms with E-state index in [4.69, 9.17) is 0 Å². The molecule has 0 saturated carbocycles. The zero-order chi connectivity index (χ0) is 11.8. The molecule has 1 aliphatic rings. The van der Waals surface area contributed by atoms with Crippen molar-refractivity contribution in [2.24, 2.45) is 0 Å². The molecule has 3 nitrogen and oxygen atoms in total. The first kappa shape index (κ1) is 10.3. The second-order valence-corrected chi connectivity index (χ2v) is 4.42. The molecule has 0 spiro atoms. The molecule has 1 aromatic carbocycles. The minimum Gasteiger partial charge on any atom is -0.370 e. The van der Waals surface area contributed by atoms with Gasteiger partial charge in [0.1, 0.15) is 11.6 Å². The van der Waals surface area contributed by atoms with Crippen LogP contribution in [0.3, 0.4) is 0 Å². The highest BCUT2D eigenvalue weighted by Gasteiger charge is 2.20. The van der Waals surface area contributed by atoms with Crippen molar-refractivity contribution < 1.29 is 4.39 Å². The standard InChI is InChI=1S/C13H14FN3/c1-9-6-7-15-13-12(8-16-17(9)13)10-2-4-11(14)5-3-10/h2-5,8-9,15H,6-7H2,1H3. The lowest BCUT2D eigenvalue weighted by Gasteiger charge is -2.23. The van der Waals surface area contributed by atoms with E-state index in [9.17, 15) is 4.39 Å². The molecule has 0 amide bonds. The molecular weight excluding hydrogens is 217 g/mol. The number of halogens is 1. The van der Waals surface area contributed by atoms with Crippen LogP contribution in [-0.2, 0) is 0 Å². The van der Waals surface area contributed by atoms with Crippen LogP contribution in [0.1, 0.15) is 19.4 Å². The summed E-state index contributed by atoms with van der Waals surface area (Å²) >= 11 is 0. The van der Waals surface area contributed by atoms with Crippen LogP contribution in [-0.4, -0.2) is 16.3 Å². The zero-order valence-corrected chi connectivity index (χ0v) is 9.65. The number of fused-ring (bicyclic) bond motifs is 1. The first-order chi connectivity index (χ1) is 8.25. The molecule has 0 fully saturated rings. The van der Waals surface area contributed by atoms with E-state index in [0.29, 0.717) is 6.04 Å². The summed E-state index contributed by atoms with van der Waals surface area (Å²) in [6.07, 6.45) is 2.93. The molecule has 0 bridgehead atoms. The Morgan fingerprint density at radius 1 is 1.35 bits per heavy atom. The Labute approximate surface area is 99.3 Å². The van der Waals surface area contributed by atoms with E-state index in [1.54, 1.807) is 12.1 Å². The van der Waals surface area contributed by atoms with E-state index in [-0.39, 0.29) is 5.82 Å². The summed E-state index contributed by atoms with van der Waals surface area (Å²) < 4.78 is 14.9. The minimum absolute atomic E-state index is 0.212. The predicted octanol–water partition coefficient (Wildman–Crippen LogP) is 3.07. The molecule has 4 heteroatoms. The van der Waals surface area contributed by atoms with E-state index < -0.39 is 0 Å². The van der Waals surface area contributed by atoms with Crippen molar-refractivity contribution in [3.8, 4) is 11.1 Å². The maximum absolute atomic E-state index is 12.9. The predicted molar refractivity (Wildman–Crippen MR) is 65.4 cm³/mol. The van der Waals surface area contributed by atoms with Crippen LogP contribution < -0.4 is 5.32 Å². The Morgan fingerprint density at radius 2 is 2.12 bits per heavy atom. The monoisotopic (exact) mass is 231 g/mol. The zero-order valence-electron chi connectivity index (χ0n) is 9.65. The first-order valence-electron chi connectivity index (χ1n) is 5.83. The van der Waals surface area contributed by atoms with Crippen LogP contribution in [0.15, 0.2) is 30.5 Å². The first-order valence-corrected chi connectivity index (χ1v) is 5.83. The summed E-state index contributed by atoms with van der Waals surface area (Å²) in [4.78, 5) is 0. The smallest absolute Gasteiger partial charge is 0.132 e. The van der Waals surface area contributed by atoms with E-state index in [1.807, 2.05) is 10.9 Å². The van der Waals surface area contributed by atoms with E-state index >= 15 is 0 Å². The number of nitrogens with zero attached hydrogens (tertiary/aromatic N) is 2. The van der Waals surface area contributed by atoms with Gasteiger partial charge in [0.2, 0.25) is 0 Å². The maximum atomic E-state index is 12.9. The summed E-state index contributed by atoms with van der Waals surface area (Å²) in [6, 6.07) is 6.94. The fourth-order valence-corrected chi connectivity index (χ4v) is 2.24.